The molecule has 0 aliphatic rings. The lowest BCUT2D eigenvalue weighted by Gasteiger charge is -2.06. The number of fused-ring (bicyclic) bond motifs is 1. The van der Waals surface area contributed by atoms with Crippen molar-refractivity contribution in [3.63, 3.8) is 0 Å². The topological polar surface area (TPSA) is 38.9 Å². The molecule has 15 heavy (non-hydrogen) atoms. The third kappa shape index (κ3) is 2.16. The number of nitrogens with two attached hydrogens (primary N) is 1. The van der Waals surface area contributed by atoms with E-state index < -0.39 is 0 Å². The summed E-state index contributed by atoms with van der Waals surface area (Å²) in [6, 6.07) is 8.53. The molecule has 2 heteroatoms. The summed E-state index contributed by atoms with van der Waals surface area (Å²) in [5, 5.41) is 2.54. The van der Waals surface area contributed by atoms with Crippen LogP contribution < -0.4 is 5.73 Å². The van der Waals surface area contributed by atoms with Gasteiger partial charge in [-0.2, -0.15) is 0 Å². The first-order chi connectivity index (χ1) is 7.31. The Bertz CT molecular complexity index is 463. The first-order valence-electron chi connectivity index (χ1n) is 5.35. The van der Waals surface area contributed by atoms with Crippen molar-refractivity contribution in [2.75, 3.05) is 6.54 Å². The van der Waals surface area contributed by atoms with E-state index in [4.69, 9.17) is 5.73 Å². The third-order valence-corrected chi connectivity index (χ3v) is 2.64. The zero-order valence-electron chi connectivity index (χ0n) is 9.03. The van der Waals surface area contributed by atoms with Crippen molar-refractivity contribution in [3.05, 3.63) is 41.7 Å². The number of aromatic nitrogens is 1. The van der Waals surface area contributed by atoms with E-state index >= 15 is 0 Å². The van der Waals surface area contributed by atoms with E-state index in [-0.39, 0.29) is 0 Å². The maximum atomic E-state index is 5.54. The molecule has 2 aromatic rings. The molecule has 0 saturated carbocycles. The minimum absolute atomic E-state index is 0.750. The number of pyridine rings is 1. The molecule has 0 bridgehead atoms. The molecule has 0 aliphatic carbocycles. The van der Waals surface area contributed by atoms with Gasteiger partial charge < -0.3 is 5.73 Å². The Morgan fingerprint density at radius 2 is 2.20 bits per heavy atom. The largest absolute Gasteiger partial charge is 0.330 e. The Labute approximate surface area is 90.1 Å². The molecule has 1 heterocycles. The summed E-state index contributed by atoms with van der Waals surface area (Å²) < 4.78 is 0. The van der Waals surface area contributed by atoms with Gasteiger partial charge in [0.2, 0.25) is 0 Å². The van der Waals surface area contributed by atoms with Crippen LogP contribution in [0.1, 0.15) is 17.7 Å². The zero-order chi connectivity index (χ0) is 10.7. The molecule has 0 atom stereocenters. The highest BCUT2D eigenvalue weighted by Crippen LogP contribution is 2.19. The number of aryl methyl sites for hydroxylation is 2. The summed E-state index contributed by atoms with van der Waals surface area (Å²) in [5.41, 5.74) is 7.99. The van der Waals surface area contributed by atoms with E-state index in [1.54, 1.807) is 0 Å². The van der Waals surface area contributed by atoms with E-state index in [1.165, 1.54) is 16.3 Å². The average molecular weight is 200 g/mol. The second-order valence-electron chi connectivity index (χ2n) is 3.86. The van der Waals surface area contributed by atoms with Gasteiger partial charge in [-0.15, -0.1) is 0 Å². The van der Waals surface area contributed by atoms with Crippen LogP contribution in [0, 0.1) is 6.92 Å². The van der Waals surface area contributed by atoms with Gasteiger partial charge in [-0.1, -0.05) is 18.2 Å². The summed E-state index contributed by atoms with van der Waals surface area (Å²) in [4.78, 5) is 4.30. The maximum Gasteiger partial charge on any atom is 0.0379 e. The SMILES string of the molecule is Cc1cc2c(CCCN)cccc2cn1. The number of rotatable bonds is 3. The van der Waals surface area contributed by atoms with Crippen LogP contribution in [-0.4, -0.2) is 11.5 Å². The fourth-order valence-electron chi connectivity index (χ4n) is 1.85. The van der Waals surface area contributed by atoms with Gasteiger partial charge in [-0.25, -0.2) is 0 Å². The van der Waals surface area contributed by atoms with Gasteiger partial charge >= 0.3 is 0 Å². The lowest BCUT2D eigenvalue weighted by atomic mass is 10.0. The Kier molecular flexibility index (Phi) is 2.97. The van der Waals surface area contributed by atoms with Crippen molar-refractivity contribution < 1.29 is 0 Å². The molecule has 2 rings (SSSR count). The summed E-state index contributed by atoms with van der Waals surface area (Å²) in [5.74, 6) is 0. The van der Waals surface area contributed by atoms with Gasteiger partial charge in [0, 0.05) is 17.3 Å². The molecule has 0 aliphatic heterocycles. The van der Waals surface area contributed by atoms with Gasteiger partial charge in [-0.3, -0.25) is 4.98 Å². The summed E-state index contributed by atoms with van der Waals surface area (Å²) in [6.45, 7) is 2.78. The number of nitrogens with zero attached hydrogens (tertiary/aromatic N) is 1. The van der Waals surface area contributed by atoms with Crippen LogP contribution in [0.3, 0.4) is 0 Å². The normalized spacial score (nSPS) is 10.8. The van der Waals surface area contributed by atoms with E-state index in [1.807, 2.05) is 13.1 Å². The Hall–Kier alpha value is -1.41. The molecule has 0 saturated heterocycles. The van der Waals surface area contributed by atoms with E-state index in [0.29, 0.717) is 0 Å². The molecule has 2 N–H and O–H groups in total. The molecular formula is C13H16N2. The fourth-order valence-corrected chi connectivity index (χ4v) is 1.85. The lowest BCUT2D eigenvalue weighted by Crippen LogP contribution is -2.00. The Balaban J connectivity index is 2.48. The summed E-state index contributed by atoms with van der Waals surface area (Å²) in [7, 11) is 0. The second kappa shape index (κ2) is 4.41. The van der Waals surface area contributed by atoms with Crippen LogP contribution in [0.25, 0.3) is 10.8 Å². The first-order valence-corrected chi connectivity index (χ1v) is 5.35. The highest BCUT2D eigenvalue weighted by atomic mass is 14.7. The van der Waals surface area contributed by atoms with E-state index in [0.717, 1.165) is 25.1 Å². The van der Waals surface area contributed by atoms with Crippen molar-refractivity contribution in [2.24, 2.45) is 5.73 Å². The molecule has 0 radical (unpaired) electrons. The van der Waals surface area contributed by atoms with Gasteiger partial charge in [0.1, 0.15) is 0 Å². The third-order valence-electron chi connectivity index (χ3n) is 2.64. The molecule has 0 fully saturated rings. The van der Waals surface area contributed by atoms with Crippen LogP contribution in [0.5, 0.6) is 0 Å². The molecule has 2 nitrogen and oxygen atoms in total. The van der Waals surface area contributed by atoms with E-state index in [2.05, 4.69) is 29.2 Å². The van der Waals surface area contributed by atoms with E-state index in [9.17, 15) is 0 Å². The molecule has 1 aromatic carbocycles. The summed E-state index contributed by atoms with van der Waals surface area (Å²) in [6.07, 6.45) is 4.04. The Morgan fingerprint density at radius 3 is 3.00 bits per heavy atom. The smallest absolute Gasteiger partial charge is 0.0379 e. The minimum atomic E-state index is 0.750. The van der Waals surface area contributed by atoms with Crippen molar-refractivity contribution in [1.29, 1.82) is 0 Å². The van der Waals surface area contributed by atoms with Crippen molar-refractivity contribution in [3.8, 4) is 0 Å². The molecule has 0 spiro atoms. The lowest BCUT2D eigenvalue weighted by molar-refractivity contribution is 0.837. The van der Waals surface area contributed by atoms with Crippen LogP contribution in [0.15, 0.2) is 30.5 Å². The second-order valence-corrected chi connectivity index (χ2v) is 3.86. The standard InChI is InChI=1S/C13H16N2/c1-10-8-13-11(6-3-7-14)4-2-5-12(13)9-15-10/h2,4-5,8-9H,3,6-7,14H2,1H3. The Morgan fingerprint density at radius 1 is 1.33 bits per heavy atom. The predicted octanol–water partition coefficient (Wildman–Crippen LogP) is 2.43. The predicted molar refractivity (Wildman–Crippen MR) is 63.9 cm³/mol. The highest BCUT2D eigenvalue weighted by molar-refractivity contribution is 5.85. The number of benzene rings is 1. The van der Waals surface area contributed by atoms with Crippen LogP contribution in [0.2, 0.25) is 0 Å². The van der Waals surface area contributed by atoms with Gasteiger partial charge in [0.25, 0.3) is 0 Å². The molecule has 78 valence electrons. The van der Waals surface area contributed by atoms with Crippen molar-refractivity contribution >= 4 is 10.8 Å². The molecule has 0 amide bonds. The van der Waals surface area contributed by atoms with Crippen LogP contribution >= 0.6 is 0 Å². The number of hydrogen-bond donors (Lipinski definition) is 1. The van der Waals surface area contributed by atoms with Gasteiger partial charge in [0.15, 0.2) is 0 Å². The highest BCUT2D eigenvalue weighted by Gasteiger charge is 2.00. The average Bonchev–Trinajstić information content (AvgIpc) is 2.26. The molecule has 1 aromatic heterocycles. The minimum Gasteiger partial charge on any atom is -0.330 e. The van der Waals surface area contributed by atoms with Crippen molar-refractivity contribution in [1.82, 2.24) is 4.98 Å². The molecular weight excluding hydrogens is 184 g/mol. The first kappa shape index (κ1) is 10.1. The van der Waals surface area contributed by atoms with Crippen LogP contribution in [0.4, 0.5) is 0 Å². The number of hydrogen-bond acceptors (Lipinski definition) is 2. The maximum absolute atomic E-state index is 5.54. The fraction of sp³-hybridized carbons (Fsp3) is 0.308. The molecule has 0 unspecified atom stereocenters. The summed E-state index contributed by atoms with van der Waals surface area (Å²) >= 11 is 0. The zero-order valence-corrected chi connectivity index (χ0v) is 9.03. The quantitative estimate of drug-likeness (QED) is 0.826. The van der Waals surface area contributed by atoms with Crippen molar-refractivity contribution in [2.45, 2.75) is 19.8 Å². The monoisotopic (exact) mass is 200 g/mol. The van der Waals surface area contributed by atoms with Gasteiger partial charge in [-0.05, 0) is 43.3 Å². The van der Waals surface area contributed by atoms with Gasteiger partial charge in [0.05, 0.1) is 0 Å². The van der Waals surface area contributed by atoms with Crippen LogP contribution in [-0.2, 0) is 6.42 Å².